The maximum atomic E-state index is 12.3. The highest BCUT2D eigenvalue weighted by molar-refractivity contribution is 14.0. The zero-order valence-electron chi connectivity index (χ0n) is 18.5. The van der Waals surface area contributed by atoms with E-state index in [9.17, 15) is 4.79 Å². The SMILES string of the molecule is CCNC(=NCCNC(=O)c1ccccc1Cl)N1CCN(c2ccc(OC)cc2)CC1.I. The van der Waals surface area contributed by atoms with E-state index in [1.54, 1.807) is 31.4 Å². The summed E-state index contributed by atoms with van der Waals surface area (Å²) < 4.78 is 5.24. The van der Waals surface area contributed by atoms with E-state index in [0.717, 1.165) is 44.4 Å². The van der Waals surface area contributed by atoms with E-state index in [-0.39, 0.29) is 29.9 Å². The van der Waals surface area contributed by atoms with Crippen molar-refractivity contribution in [1.29, 1.82) is 0 Å². The minimum atomic E-state index is -0.182. The Balaban J connectivity index is 0.00000363. The number of ether oxygens (including phenoxy) is 1. The lowest BCUT2D eigenvalue weighted by atomic mass is 10.2. The number of benzene rings is 2. The molecule has 32 heavy (non-hydrogen) atoms. The van der Waals surface area contributed by atoms with Gasteiger partial charge >= 0.3 is 0 Å². The summed E-state index contributed by atoms with van der Waals surface area (Å²) in [7, 11) is 1.68. The molecule has 1 aliphatic rings. The number of hydrogen-bond acceptors (Lipinski definition) is 4. The largest absolute Gasteiger partial charge is 0.497 e. The fraction of sp³-hybridized carbons (Fsp3) is 0.391. The molecule has 2 aromatic carbocycles. The number of nitrogens with one attached hydrogen (secondary N) is 2. The number of rotatable bonds is 7. The summed E-state index contributed by atoms with van der Waals surface area (Å²) in [6.45, 7) is 7.39. The maximum absolute atomic E-state index is 12.3. The van der Waals surface area contributed by atoms with Crippen molar-refractivity contribution in [3.63, 3.8) is 0 Å². The molecular formula is C23H31ClIN5O2. The Labute approximate surface area is 212 Å². The highest BCUT2D eigenvalue weighted by atomic mass is 127. The topological polar surface area (TPSA) is 69.2 Å². The van der Waals surface area contributed by atoms with Crippen molar-refractivity contribution in [1.82, 2.24) is 15.5 Å². The van der Waals surface area contributed by atoms with Crippen LogP contribution in [0.5, 0.6) is 5.75 Å². The number of piperazine rings is 1. The standard InChI is InChI=1S/C23H30ClN5O2.HI/c1-3-25-23(27-13-12-26-22(30)20-6-4-5-7-21(20)24)29-16-14-28(15-17-29)18-8-10-19(31-2)11-9-18;/h4-11H,3,12-17H2,1-2H3,(H,25,27)(H,26,30);1H. The van der Waals surface area contributed by atoms with E-state index in [1.165, 1.54) is 5.69 Å². The third-order valence-electron chi connectivity index (χ3n) is 5.13. The normalized spacial score (nSPS) is 13.9. The van der Waals surface area contributed by atoms with Crippen molar-refractivity contribution in [2.75, 3.05) is 57.8 Å². The average Bonchev–Trinajstić information content (AvgIpc) is 2.81. The molecule has 1 aliphatic heterocycles. The zero-order chi connectivity index (χ0) is 22.1. The van der Waals surface area contributed by atoms with Crippen LogP contribution in [0.2, 0.25) is 5.02 Å². The van der Waals surface area contributed by atoms with Crippen LogP contribution in [0.3, 0.4) is 0 Å². The third kappa shape index (κ3) is 7.16. The molecule has 0 aromatic heterocycles. The number of halogens is 2. The van der Waals surface area contributed by atoms with Crippen molar-refractivity contribution in [2.45, 2.75) is 6.92 Å². The second-order valence-electron chi connectivity index (χ2n) is 7.14. The Morgan fingerprint density at radius 3 is 2.38 bits per heavy atom. The van der Waals surface area contributed by atoms with Crippen LogP contribution in [0.1, 0.15) is 17.3 Å². The molecule has 0 aliphatic carbocycles. The van der Waals surface area contributed by atoms with E-state index in [1.807, 2.05) is 12.1 Å². The molecule has 1 amide bonds. The summed E-state index contributed by atoms with van der Waals surface area (Å²) >= 11 is 6.08. The molecule has 3 rings (SSSR count). The van der Waals surface area contributed by atoms with Crippen molar-refractivity contribution < 1.29 is 9.53 Å². The first-order valence-corrected chi connectivity index (χ1v) is 10.9. The Hall–Kier alpha value is -2.20. The van der Waals surface area contributed by atoms with Crippen LogP contribution in [-0.4, -0.2) is 69.7 Å². The Morgan fingerprint density at radius 1 is 1.06 bits per heavy atom. The third-order valence-corrected chi connectivity index (χ3v) is 5.46. The van der Waals surface area contributed by atoms with Crippen LogP contribution in [0.25, 0.3) is 0 Å². The molecule has 1 saturated heterocycles. The molecule has 0 bridgehead atoms. The van der Waals surface area contributed by atoms with Crippen LogP contribution in [0, 0.1) is 0 Å². The monoisotopic (exact) mass is 571 g/mol. The lowest BCUT2D eigenvalue weighted by Crippen LogP contribution is -2.52. The van der Waals surface area contributed by atoms with Crippen LogP contribution in [0.15, 0.2) is 53.5 Å². The second-order valence-corrected chi connectivity index (χ2v) is 7.55. The number of nitrogens with zero attached hydrogens (tertiary/aromatic N) is 3. The molecule has 2 N–H and O–H groups in total. The number of aliphatic imine (C=N–C) groups is 1. The van der Waals surface area contributed by atoms with Gasteiger partial charge in [-0.15, -0.1) is 24.0 Å². The summed E-state index contributed by atoms with van der Waals surface area (Å²) in [6.07, 6.45) is 0. The lowest BCUT2D eigenvalue weighted by Gasteiger charge is -2.37. The van der Waals surface area contributed by atoms with Gasteiger partial charge in [-0.1, -0.05) is 23.7 Å². The van der Waals surface area contributed by atoms with Gasteiger partial charge in [0.05, 0.1) is 24.2 Å². The van der Waals surface area contributed by atoms with Gasteiger partial charge in [0.2, 0.25) is 0 Å². The molecule has 2 aromatic rings. The van der Waals surface area contributed by atoms with Crippen molar-refractivity contribution in [2.24, 2.45) is 4.99 Å². The number of methoxy groups -OCH3 is 1. The van der Waals surface area contributed by atoms with Gasteiger partial charge in [-0.2, -0.15) is 0 Å². The number of hydrogen-bond donors (Lipinski definition) is 2. The van der Waals surface area contributed by atoms with Crippen molar-refractivity contribution in [3.05, 3.63) is 59.1 Å². The number of guanidine groups is 1. The van der Waals surface area contributed by atoms with Crippen molar-refractivity contribution >= 4 is 53.1 Å². The number of anilines is 1. The molecule has 9 heteroatoms. The summed E-state index contributed by atoms with van der Waals surface area (Å²) in [4.78, 5) is 21.6. The predicted octanol–water partition coefficient (Wildman–Crippen LogP) is 3.48. The quantitative estimate of drug-likeness (QED) is 0.231. The Morgan fingerprint density at radius 2 is 1.75 bits per heavy atom. The molecule has 0 radical (unpaired) electrons. The van der Waals surface area contributed by atoms with Crippen LogP contribution in [0.4, 0.5) is 5.69 Å². The van der Waals surface area contributed by atoms with E-state index >= 15 is 0 Å². The first-order chi connectivity index (χ1) is 15.1. The fourth-order valence-electron chi connectivity index (χ4n) is 3.47. The highest BCUT2D eigenvalue weighted by Crippen LogP contribution is 2.20. The first-order valence-electron chi connectivity index (χ1n) is 10.6. The number of amides is 1. The van der Waals surface area contributed by atoms with Gasteiger partial charge < -0.3 is 25.2 Å². The molecular weight excluding hydrogens is 541 g/mol. The molecule has 0 spiro atoms. The van der Waals surface area contributed by atoms with Crippen LogP contribution in [-0.2, 0) is 0 Å². The van der Waals surface area contributed by atoms with E-state index < -0.39 is 0 Å². The van der Waals surface area contributed by atoms with Gasteiger partial charge in [0.1, 0.15) is 5.75 Å². The smallest absolute Gasteiger partial charge is 0.252 e. The number of carbonyl (C=O) groups is 1. The van der Waals surface area contributed by atoms with Gasteiger partial charge in [-0.25, -0.2) is 0 Å². The summed E-state index contributed by atoms with van der Waals surface area (Å²) in [5.74, 6) is 1.56. The van der Waals surface area contributed by atoms with Gasteiger partial charge in [-0.3, -0.25) is 9.79 Å². The molecule has 7 nitrogen and oxygen atoms in total. The lowest BCUT2D eigenvalue weighted by molar-refractivity contribution is 0.0955. The van der Waals surface area contributed by atoms with Crippen LogP contribution >= 0.6 is 35.6 Å². The van der Waals surface area contributed by atoms with Crippen molar-refractivity contribution in [3.8, 4) is 5.75 Å². The van der Waals surface area contributed by atoms with E-state index in [0.29, 0.717) is 23.7 Å². The number of carbonyl (C=O) groups excluding carboxylic acids is 1. The molecule has 1 heterocycles. The predicted molar refractivity (Wildman–Crippen MR) is 142 cm³/mol. The van der Waals surface area contributed by atoms with Gasteiger partial charge in [-0.05, 0) is 43.3 Å². The molecule has 0 atom stereocenters. The maximum Gasteiger partial charge on any atom is 0.252 e. The van der Waals surface area contributed by atoms with Gasteiger partial charge in [0, 0.05) is 45.0 Å². The highest BCUT2D eigenvalue weighted by Gasteiger charge is 2.20. The molecule has 0 saturated carbocycles. The molecule has 0 unspecified atom stereocenters. The fourth-order valence-corrected chi connectivity index (χ4v) is 3.69. The Bertz CT molecular complexity index is 886. The summed E-state index contributed by atoms with van der Waals surface area (Å²) in [5, 5.41) is 6.69. The minimum Gasteiger partial charge on any atom is -0.497 e. The van der Waals surface area contributed by atoms with Gasteiger partial charge in [0.25, 0.3) is 5.91 Å². The zero-order valence-corrected chi connectivity index (χ0v) is 21.6. The summed E-state index contributed by atoms with van der Waals surface area (Å²) in [6, 6.07) is 15.2. The molecule has 174 valence electrons. The van der Waals surface area contributed by atoms with Crippen LogP contribution < -0.4 is 20.3 Å². The second kappa shape index (κ2) is 13.4. The van der Waals surface area contributed by atoms with E-state index in [2.05, 4.69) is 39.5 Å². The average molecular weight is 572 g/mol. The minimum absolute atomic E-state index is 0. The van der Waals surface area contributed by atoms with Gasteiger partial charge in [0.15, 0.2) is 5.96 Å². The van der Waals surface area contributed by atoms with E-state index in [4.69, 9.17) is 21.3 Å². The Kier molecular flexibility index (Phi) is 10.9. The summed E-state index contributed by atoms with van der Waals surface area (Å²) in [5.41, 5.74) is 1.68. The first kappa shape index (κ1) is 26.1. The molecule has 1 fully saturated rings.